The van der Waals surface area contributed by atoms with Gasteiger partial charge in [-0.1, -0.05) is 37.6 Å². The minimum atomic E-state index is -3.53. The fourth-order valence-corrected chi connectivity index (χ4v) is 8.09. The van der Waals surface area contributed by atoms with E-state index in [2.05, 4.69) is 11.5 Å². The molecule has 1 saturated heterocycles. The molecule has 0 N–H and O–H groups in total. The summed E-state index contributed by atoms with van der Waals surface area (Å²) in [5.74, 6) is 0.854. The van der Waals surface area contributed by atoms with Crippen molar-refractivity contribution in [1.82, 2.24) is 13.9 Å². The van der Waals surface area contributed by atoms with E-state index in [0.717, 1.165) is 53.0 Å². The molecule has 1 aliphatic carbocycles. The third-order valence-electron chi connectivity index (χ3n) is 7.24. The van der Waals surface area contributed by atoms with Crippen LogP contribution in [0.5, 0.6) is 0 Å². The van der Waals surface area contributed by atoms with Crippen molar-refractivity contribution in [2.24, 2.45) is 5.92 Å². The SMILES string of the molecule is Cc1cc(F)ccc1CSc1nc2cc(S(=O)(=O)N3CCCC(C)C3)ccc2n1C1CCCC1. The molecule has 0 amide bonds. The van der Waals surface area contributed by atoms with Gasteiger partial charge in [-0.05, 0) is 80.0 Å². The lowest BCUT2D eigenvalue weighted by molar-refractivity contribution is 0.281. The molecule has 1 aromatic heterocycles. The molecule has 182 valence electrons. The lowest BCUT2D eigenvalue weighted by Crippen LogP contribution is -2.39. The lowest BCUT2D eigenvalue weighted by Gasteiger charge is -2.30. The van der Waals surface area contributed by atoms with E-state index < -0.39 is 10.0 Å². The highest BCUT2D eigenvalue weighted by atomic mass is 32.2. The summed E-state index contributed by atoms with van der Waals surface area (Å²) in [6, 6.07) is 10.7. The predicted molar refractivity (Wildman–Crippen MR) is 135 cm³/mol. The van der Waals surface area contributed by atoms with Crippen molar-refractivity contribution >= 4 is 32.8 Å². The number of sulfonamides is 1. The number of nitrogens with zero attached hydrogens (tertiary/aromatic N) is 3. The summed E-state index contributed by atoms with van der Waals surface area (Å²) < 4.78 is 44.2. The number of benzene rings is 2. The van der Waals surface area contributed by atoms with Gasteiger partial charge in [0.2, 0.25) is 10.0 Å². The van der Waals surface area contributed by atoms with Crippen LogP contribution in [0.15, 0.2) is 46.5 Å². The van der Waals surface area contributed by atoms with Gasteiger partial charge in [0, 0.05) is 24.9 Å². The van der Waals surface area contributed by atoms with Crippen LogP contribution in [0.25, 0.3) is 11.0 Å². The standard InChI is InChI=1S/C26H32FN3O2S2/c1-18-6-5-13-29(16-18)34(31,32)23-11-12-25-24(15-23)28-26(30(25)22-7-3-4-8-22)33-17-20-9-10-21(27)14-19(20)2/h9-12,14-15,18,22H,3-8,13,16-17H2,1-2H3. The van der Waals surface area contributed by atoms with Gasteiger partial charge in [-0.2, -0.15) is 4.31 Å². The Bertz CT molecular complexity index is 1300. The highest BCUT2D eigenvalue weighted by molar-refractivity contribution is 7.98. The van der Waals surface area contributed by atoms with Gasteiger partial charge in [0.05, 0.1) is 15.9 Å². The minimum absolute atomic E-state index is 0.221. The van der Waals surface area contributed by atoms with Crippen molar-refractivity contribution in [3.63, 3.8) is 0 Å². The summed E-state index contributed by atoms with van der Waals surface area (Å²) in [5, 5.41) is 0.909. The number of fused-ring (bicyclic) bond motifs is 1. The number of thioether (sulfide) groups is 1. The number of hydrogen-bond donors (Lipinski definition) is 0. The third kappa shape index (κ3) is 4.64. The van der Waals surface area contributed by atoms with E-state index in [1.54, 1.807) is 34.3 Å². The summed E-state index contributed by atoms with van der Waals surface area (Å²) in [4.78, 5) is 5.25. The maximum atomic E-state index is 13.5. The second-order valence-electron chi connectivity index (χ2n) is 9.82. The second kappa shape index (κ2) is 9.63. The average molecular weight is 502 g/mol. The van der Waals surface area contributed by atoms with Gasteiger partial charge in [0.15, 0.2) is 5.16 Å². The van der Waals surface area contributed by atoms with Gasteiger partial charge in [0.25, 0.3) is 0 Å². The first kappa shape index (κ1) is 23.8. The zero-order valence-electron chi connectivity index (χ0n) is 19.8. The Kier molecular flexibility index (Phi) is 6.75. The predicted octanol–water partition coefficient (Wildman–Crippen LogP) is 6.31. The van der Waals surface area contributed by atoms with E-state index in [-0.39, 0.29) is 5.82 Å². The van der Waals surface area contributed by atoms with E-state index >= 15 is 0 Å². The number of piperidine rings is 1. The van der Waals surface area contributed by atoms with Gasteiger partial charge < -0.3 is 4.57 Å². The van der Waals surface area contributed by atoms with Crippen molar-refractivity contribution < 1.29 is 12.8 Å². The summed E-state index contributed by atoms with van der Waals surface area (Å²) in [6.45, 7) is 5.20. The quantitative estimate of drug-likeness (QED) is 0.371. The van der Waals surface area contributed by atoms with Gasteiger partial charge in [-0.15, -0.1) is 0 Å². The van der Waals surface area contributed by atoms with Crippen molar-refractivity contribution in [2.45, 2.75) is 74.2 Å². The van der Waals surface area contributed by atoms with E-state index in [4.69, 9.17) is 4.98 Å². The summed E-state index contributed by atoms with van der Waals surface area (Å²) in [5.41, 5.74) is 3.74. The topological polar surface area (TPSA) is 55.2 Å². The number of aryl methyl sites for hydroxylation is 1. The Balaban J connectivity index is 1.49. The van der Waals surface area contributed by atoms with Crippen LogP contribution < -0.4 is 0 Å². The van der Waals surface area contributed by atoms with Crippen LogP contribution in [0.1, 0.15) is 62.6 Å². The summed E-state index contributed by atoms with van der Waals surface area (Å²) in [7, 11) is -3.53. The molecule has 5 rings (SSSR count). The Morgan fingerprint density at radius 2 is 1.88 bits per heavy atom. The molecule has 1 atom stereocenters. The molecule has 0 radical (unpaired) electrons. The lowest BCUT2D eigenvalue weighted by atomic mass is 10.0. The van der Waals surface area contributed by atoms with Crippen LogP contribution in [0, 0.1) is 18.7 Å². The zero-order valence-corrected chi connectivity index (χ0v) is 21.5. The maximum absolute atomic E-state index is 13.5. The molecule has 1 aliphatic heterocycles. The number of imidazole rings is 1. The molecule has 2 fully saturated rings. The fraction of sp³-hybridized carbons (Fsp3) is 0.500. The minimum Gasteiger partial charge on any atom is -0.316 e. The first-order valence-corrected chi connectivity index (χ1v) is 14.7. The third-order valence-corrected chi connectivity index (χ3v) is 10.1. The van der Waals surface area contributed by atoms with E-state index in [1.807, 2.05) is 19.1 Å². The Morgan fingerprint density at radius 1 is 1.09 bits per heavy atom. The molecular formula is C26H32FN3O2S2. The van der Waals surface area contributed by atoms with Gasteiger partial charge in [-0.25, -0.2) is 17.8 Å². The van der Waals surface area contributed by atoms with Gasteiger partial charge >= 0.3 is 0 Å². The molecule has 3 aromatic rings. The molecule has 0 bridgehead atoms. The zero-order chi connectivity index (χ0) is 23.9. The van der Waals surface area contributed by atoms with Crippen LogP contribution in [-0.4, -0.2) is 35.4 Å². The van der Waals surface area contributed by atoms with Crippen LogP contribution in [-0.2, 0) is 15.8 Å². The number of rotatable bonds is 6. The van der Waals surface area contributed by atoms with Gasteiger partial charge in [-0.3, -0.25) is 0 Å². The van der Waals surface area contributed by atoms with Crippen molar-refractivity contribution in [3.05, 3.63) is 53.3 Å². The van der Waals surface area contributed by atoms with E-state index in [0.29, 0.717) is 35.7 Å². The van der Waals surface area contributed by atoms with Crippen molar-refractivity contribution in [2.75, 3.05) is 13.1 Å². The highest BCUT2D eigenvalue weighted by Crippen LogP contribution is 2.38. The molecule has 2 aliphatic rings. The van der Waals surface area contributed by atoms with Crippen molar-refractivity contribution in [1.29, 1.82) is 0 Å². The maximum Gasteiger partial charge on any atom is 0.243 e. The Morgan fingerprint density at radius 3 is 2.62 bits per heavy atom. The summed E-state index contributed by atoms with van der Waals surface area (Å²) >= 11 is 1.64. The molecule has 1 saturated carbocycles. The smallest absolute Gasteiger partial charge is 0.243 e. The fourth-order valence-electron chi connectivity index (χ4n) is 5.31. The molecule has 34 heavy (non-hydrogen) atoms. The number of halogens is 1. The highest BCUT2D eigenvalue weighted by Gasteiger charge is 2.30. The van der Waals surface area contributed by atoms with Crippen molar-refractivity contribution in [3.8, 4) is 0 Å². The van der Waals surface area contributed by atoms with Gasteiger partial charge in [0.1, 0.15) is 5.82 Å². The second-order valence-corrected chi connectivity index (χ2v) is 12.7. The first-order chi connectivity index (χ1) is 16.3. The van der Waals surface area contributed by atoms with E-state index in [1.165, 1.54) is 18.9 Å². The summed E-state index contributed by atoms with van der Waals surface area (Å²) in [6.07, 6.45) is 6.60. The van der Waals surface area contributed by atoms with E-state index in [9.17, 15) is 12.8 Å². The largest absolute Gasteiger partial charge is 0.316 e. The first-order valence-electron chi connectivity index (χ1n) is 12.2. The number of hydrogen-bond acceptors (Lipinski definition) is 4. The van der Waals surface area contributed by atoms with Crippen LogP contribution in [0.3, 0.4) is 0 Å². The molecule has 2 aromatic carbocycles. The molecule has 8 heteroatoms. The molecule has 2 heterocycles. The Hall–Kier alpha value is -1.90. The normalized spacial score (nSPS) is 20.4. The van der Waals surface area contributed by atoms with Crippen LogP contribution in [0.2, 0.25) is 0 Å². The molecule has 5 nitrogen and oxygen atoms in total. The number of aromatic nitrogens is 2. The molecular weight excluding hydrogens is 469 g/mol. The molecule has 1 unspecified atom stereocenters. The molecule has 0 spiro atoms. The monoisotopic (exact) mass is 501 g/mol. The average Bonchev–Trinajstić information content (AvgIpc) is 3.45. The van der Waals surface area contributed by atoms with Crippen LogP contribution >= 0.6 is 11.8 Å². The Labute approximate surface area is 205 Å². The van der Waals surface area contributed by atoms with Crippen LogP contribution in [0.4, 0.5) is 4.39 Å².